The molecule has 1 aliphatic carbocycles. The third kappa shape index (κ3) is 2.66. The molecule has 108 valence electrons. The van der Waals surface area contributed by atoms with E-state index in [1.165, 1.54) is 6.07 Å². The van der Waals surface area contributed by atoms with E-state index in [-0.39, 0.29) is 16.7 Å². The molecule has 0 amide bonds. The first-order valence-corrected chi connectivity index (χ1v) is 6.88. The summed E-state index contributed by atoms with van der Waals surface area (Å²) < 4.78 is 0. The fraction of sp³-hybridized carbons (Fsp3) is 0.250. The zero-order valence-electron chi connectivity index (χ0n) is 11.4. The molecule has 2 atom stereocenters. The van der Waals surface area contributed by atoms with E-state index in [2.05, 4.69) is 5.32 Å². The van der Waals surface area contributed by atoms with Crippen LogP contribution in [0.1, 0.15) is 22.7 Å². The number of para-hydroxylation sites is 1. The summed E-state index contributed by atoms with van der Waals surface area (Å²) in [5.74, 6) is 0. The third-order valence-corrected chi connectivity index (χ3v) is 3.90. The van der Waals surface area contributed by atoms with Crippen molar-refractivity contribution in [3.05, 3.63) is 75.3 Å². The Labute approximate surface area is 122 Å². The summed E-state index contributed by atoms with van der Waals surface area (Å²) in [6, 6.07) is 14.4. The lowest BCUT2D eigenvalue weighted by atomic mass is 10.1. The highest BCUT2D eigenvalue weighted by atomic mass is 16.6. The number of fused-ring (bicyclic) bond motifs is 1. The van der Waals surface area contributed by atoms with Crippen molar-refractivity contribution < 1.29 is 10.0 Å². The predicted molar refractivity (Wildman–Crippen MR) is 78.8 cm³/mol. The third-order valence-electron chi connectivity index (χ3n) is 3.90. The SMILES string of the molecule is O=[N+]([O-])c1ccccc1CN[C@@H]1c2ccccc2C[C@@H]1O. The lowest BCUT2D eigenvalue weighted by Gasteiger charge is -2.18. The van der Waals surface area contributed by atoms with E-state index in [1.54, 1.807) is 18.2 Å². The van der Waals surface area contributed by atoms with Gasteiger partial charge in [-0.05, 0) is 11.1 Å². The average molecular weight is 284 g/mol. The highest BCUT2D eigenvalue weighted by Crippen LogP contribution is 2.31. The molecule has 0 saturated heterocycles. The van der Waals surface area contributed by atoms with E-state index in [1.807, 2.05) is 24.3 Å². The zero-order chi connectivity index (χ0) is 14.8. The van der Waals surface area contributed by atoms with Gasteiger partial charge in [0.15, 0.2) is 0 Å². The first kappa shape index (κ1) is 13.7. The van der Waals surface area contributed by atoms with E-state index >= 15 is 0 Å². The molecular weight excluding hydrogens is 268 g/mol. The maximum absolute atomic E-state index is 11.0. The van der Waals surface area contributed by atoms with Crippen LogP contribution < -0.4 is 5.32 Å². The number of aliphatic hydroxyl groups is 1. The molecule has 5 heteroatoms. The topological polar surface area (TPSA) is 75.4 Å². The number of nitro benzene ring substituents is 1. The normalized spacial score (nSPS) is 20.2. The molecule has 0 unspecified atom stereocenters. The molecule has 0 saturated carbocycles. The predicted octanol–water partition coefficient (Wildman–Crippen LogP) is 2.34. The first-order chi connectivity index (χ1) is 10.2. The fourth-order valence-corrected chi connectivity index (χ4v) is 2.88. The molecule has 2 aromatic rings. The largest absolute Gasteiger partial charge is 0.391 e. The molecule has 0 fully saturated rings. The number of nitrogens with one attached hydrogen (secondary N) is 1. The minimum absolute atomic E-state index is 0.103. The van der Waals surface area contributed by atoms with Crippen molar-refractivity contribution in [2.75, 3.05) is 0 Å². The number of rotatable bonds is 4. The number of benzene rings is 2. The van der Waals surface area contributed by atoms with Crippen LogP contribution in [0.3, 0.4) is 0 Å². The van der Waals surface area contributed by atoms with Crippen molar-refractivity contribution in [3.8, 4) is 0 Å². The lowest BCUT2D eigenvalue weighted by Crippen LogP contribution is -2.28. The van der Waals surface area contributed by atoms with Crippen molar-refractivity contribution in [3.63, 3.8) is 0 Å². The second-order valence-electron chi connectivity index (χ2n) is 5.21. The van der Waals surface area contributed by atoms with Gasteiger partial charge >= 0.3 is 0 Å². The summed E-state index contributed by atoms with van der Waals surface area (Å²) in [5.41, 5.74) is 2.93. The molecule has 0 bridgehead atoms. The Balaban J connectivity index is 1.78. The quantitative estimate of drug-likeness (QED) is 0.667. The fourth-order valence-electron chi connectivity index (χ4n) is 2.88. The molecule has 0 radical (unpaired) electrons. The maximum Gasteiger partial charge on any atom is 0.273 e. The molecular formula is C16H16N2O3. The molecule has 21 heavy (non-hydrogen) atoms. The van der Waals surface area contributed by atoms with Crippen molar-refractivity contribution in [2.24, 2.45) is 0 Å². The van der Waals surface area contributed by atoms with Crippen molar-refractivity contribution in [2.45, 2.75) is 25.1 Å². The van der Waals surface area contributed by atoms with Gasteiger partial charge in [-0.3, -0.25) is 10.1 Å². The second kappa shape index (κ2) is 5.63. The Morgan fingerprint density at radius 1 is 1.19 bits per heavy atom. The molecule has 0 spiro atoms. The van der Waals surface area contributed by atoms with Gasteiger partial charge in [0.1, 0.15) is 0 Å². The van der Waals surface area contributed by atoms with Crippen LogP contribution in [0.25, 0.3) is 0 Å². The van der Waals surface area contributed by atoms with Crippen LogP contribution in [0.15, 0.2) is 48.5 Å². The van der Waals surface area contributed by atoms with Crippen LogP contribution in [-0.2, 0) is 13.0 Å². The molecule has 5 nitrogen and oxygen atoms in total. The van der Waals surface area contributed by atoms with Gasteiger partial charge in [-0.25, -0.2) is 0 Å². The average Bonchev–Trinajstić information content (AvgIpc) is 2.81. The van der Waals surface area contributed by atoms with Crippen LogP contribution in [0.4, 0.5) is 5.69 Å². The summed E-state index contributed by atoms with van der Waals surface area (Å²) in [4.78, 5) is 10.6. The van der Waals surface area contributed by atoms with Crippen LogP contribution >= 0.6 is 0 Å². The molecule has 0 heterocycles. The van der Waals surface area contributed by atoms with Gasteiger partial charge in [-0.15, -0.1) is 0 Å². The van der Waals surface area contributed by atoms with E-state index in [0.717, 1.165) is 11.1 Å². The number of hydrogen-bond acceptors (Lipinski definition) is 4. The molecule has 0 aromatic heterocycles. The number of aliphatic hydroxyl groups excluding tert-OH is 1. The van der Waals surface area contributed by atoms with Gasteiger partial charge in [0.05, 0.1) is 17.1 Å². The van der Waals surface area contributed by atoms with Crippen molar-refractivity contribution >= 4 is 5.69 Å². The van der Waals surface area contributed by atoms with Crippen LogP contribution in [0.2, 0.25) is 0 Å². The standard InChI is InChI=1S/C16H16N2O3/c19-15-9-11-5-1-3-7-13(11)16(15)17-10-12-6-2-4-8-14(12)18(20)21/h1-8,15-17,19H,9-10H2/t15-,16+/m0/s1. The van der Waals surface area contributed by atoms with Crippen molar-refractivity contribution in [1.29, 1.82) is 0 Å². The minimum Gasteiger partial charge on any atom is -0.391 e. The lowest BCUT2D eigenvalue weighted by molar-refractivity contribution is -0.385. The van der Waals surface area contributed by atoms with Gasteiger partial charge in [0.25, 0.3) is 5.69 Å². The van der Waals surface area contributed by atoms with E-state index in [0.29, 0.717) is 18.5 Å². The van der Waals surface area contributed by atoms with Gasteiger partial charge in [0.2, 0.25) is 0 Å². The second-order valence-corrected chi connectivity index (χ2v) is 5.21. The highest BCUT2D eigenvalue weighted by molar-refractivity contribution is 5.40. The van der Waals surface area contributed by atoms with Crippen LogP contribution in [-0.4, -0.2) is 16.1 Å². The number of nitro groups is 1. The van der Waals surface area contributed by atoms with Crippen LogP contribution in [0.5, 0.6) is 0 Å². The maximum atomic E-state index is 11.0. The van der Waals surface area contributed by atoms with Crippen molar-refractivity contribution in [1.82, 2.24) is 5.32 Å². The Hall–Kier alpha value is -2.24. The number of hydrogen-bond donors (Lipinski definition) is 2. The Morgan fingerprint density at radius 3 is 2.71 bits per heavy atom. The van der Waals surface area contributed by atoms with Gasteiger partial charge in [-0.1, -0.05) is 42.5 Å². The first-order valence-electron chi connectivity index (χ1n) is 6.88. The van der Waals surface area contributed by atoms with E-state index in [4.69, 9.17) is 0 Å². The Morgan fingerprint density at radius 2 is 1.90 bits per heavy atom. The van der Waals surface area contributed by atoms with Gasteiger partial charge in [-0.2, -0.15) is 0 Å². The van der Waals surface area contributed by atoms with Gasteiger partial charge in [0, 0.05) is 24.6 Å². The summed E-state index contributed by atoms with van der Waals surface area (Å²) >= 11 is 0. The summed E-state index contributed by atoms with van der Waals surface area (Å²) in [5, 5.41) is 24.4. The Bertz CT molecular complexity index is 672. The van der Waals surface area contributed by atoms with Crippen LogP contribution in [0, 0.1) is 10.1 Å². The Kier molecular flexibility index (Phi) is 3.68. The van der Waals surface area contributed by atoms with E-state index in [9.17, 15) is 15.2 Å². The smallest absolute Gasteiger partial charge is 0.273 e. The minimum atomic E-state index is -0.495. The molecule has 3 rings (SSSR count). The number of nitrogens with zero attached hydrogens (tertiary/aromatic N) is 1. The zero-order valence-corrected chi connectivity index (χ0v) is 11.4. The molecule has 1 aliphatic rings. The summed E-state index contributed by atoms with van der Waals surface area (Å²) in [6.07, 6.45) is 0.121. The monoisotopic (exact) mass is 284 g/mol. The summed E-state index contributed by atoms with van der Waals surface area (Å²) in [6.45, 7) is 0.354. The molecule has 2 N–H and O–H groups in total. The van der Waals surface area contributed by atoms with Gasteiger partial charge < -0.3 is 10.4 Å². The molecule has 0 aliphatic heterocycles. The highest BCUT2D eigenvalue weighted by Gasteiger charge is 2.30. The van der Waals surface area contributed by atoms with E-state index < -0.39 is 6.10 Å². The molecule has 2 aromatic carbocycles. The summed E-state index contributed by atoms with van der Waals surface area (Å²) in [7, 11) is 0.